The molecule has 1 aliphatic heterocycles. The Bertz CT molecular complexity index is 1130. The highest BCUT2D eigenvalue weighted by atomic mass is 32.2. The molecule has 2 aromatic carbocycles. The first-order valence-corrected chi connectivity index (χ1v) is 12.5. The molecule has 0 aliphatic carbocycles. The third kappa shape index (κ3) is 5.80. The minimum absolute atomic E-state index is 0.255. The van der Waals surface area contributed by atoms with E-state index in [0.717, 1.165) is 24.3 Å². The largest absolute Gasteiger partial charge is 0.372 e. The second kappa shape index (κ2) is 9.44. The van der Waals surface area contributed by atoms with Crippen molar-refractivity contribution in [2.45, 2.75) is 19.3 Å². The number of rotatable bonds is 7. The predicted molar refractivity (Wildman–Crippen MR) is 124 cm³/mol. The fourth-order valence-corrected chi connectivity index (χ4v) is 5.16. The van der Waals surface area contributed by atoms with Crippen LogP contribution in [0.15, 0.2) is 54.6 Å². The maximum absolute atomic E-state index is 12.4. The van der Waals surface area contributed by atoms with Crippen molar-refractivity contribution in [3.63, 3.8) is 0 Å². The third-order valence-corrected chi connectivity index (χ3v) is 6.95. The van der Waals surface area contributed by atoms with Gasteiger partial charge in [0.2, 0.25) is 21.1 Å². The standard InChI is InChI=1S/C21H23N5O3S2/c27-19(22-21-24-23-20(30-21)16-7-3-1-4-8-16)15-31(28,29)25-17-9-11-18(12-10-17)26-13-5-2-6-14-26/h1,3-4,7-12,25H,2,5-6,13-15H2,(H,22,24,27). The van der Waals surface area contributed by atoms with Crippen LogP contribution < -0.4 is 14.9 Å². The lowest BCUT2D eigenvalue weighted by Gasteiger charge is -2.28. The maximum Gasteiger partial charge on any atom is 0.243 e. The van der Waals surface area contributed by atoms with E-state index < -0.39 is 21.7 Å². The van der Waals surface area contributed by atoms with Gasteiger partial charge in [-0.2, -0.15) is 0 Å². The van der Waals surface area contributed by atoms with E-state index in [2.05, 4.69) is 25.1 Å². The van der Waals surface area contributed by atoms with Gasteiger partial charge in [0.25, 0.3) is 0 Å². The van der Waals surface area contributed by atoms with Crippen molar-refractivity contribution in [3.05, 3.63) is 54.6 Å². The number of sulfonamides is 1. The second-order valence-corrected chi connectivity index (χ2v) is 9.98. The molecule has 0 atom stereocenters. The molecule has 4 rings (SSSR count). The molecule has 0 radical (unpaired) electrons. The zero-order chi connectivity index (χ0) is 21.7. The van der Waals surface area contributed by atoms with E-state index in [4.69, 9.17) is 0 Å². The summed E-state index contributed by atoms with van der Waals surface area (Å²) in [6.45, 7) is 2.03. The highest BCUT2D eigenvalue weighted by Gasteiger charge is 2.19. The fraction of sp³-hybridized carbons (Fsp3) is 0.286. The van der Waals surface area contributed by atoms with Gasteiger partial charge in [-0.25, -0.2) is 8.42 Å². The van der Waals surface area contributed by atoms with Gasteiger partial charge in [-0.15, -0.1) is 10.2 Å². The van der Waals surface area contributed by atoms with E-state index in [1.807, 2.05) is 42.5 Å². The number of nitrogens with one attached hydrogen (secondary N) is 2. The number of amides is 1. The van der Waals surface area contributed by atoms with Crippen LogP contribution in [0.4, 0.5) is 16.5 Å². The number of hydrogen-bond donors (Lipinski definition) is 2. The van der Waals surface area contributed by atoms with Crippen LogP contribution in [0, 0.1) is 0 Å². The lowest BCUT2D eigenvalue weighted by Crippen LogP contribution is -2.29. The Hall–Kier alpha value is -2.98. The van der Waals surface area contributed by atoms with Crippen LogP contribution in [-0.2, 0) is 14.8 Å². The van der Waals surface area contributed by atoms with Crippen molar-refractivity contribution in [3.8, 4) is 10.6 Å². The SMILES string of the molecule is O=C(CS(=O)(=O)Nc1ccc(N2CCCCC2)cc1)Nc1nnc(-c2ccccc2)s1. The van der Waals surface area contributed by atoms with Crippen LogP contribution >= 0.6 is 11.3 Å². The van der Waals surface area contributed by atoms with Crippen molar-refractivity contribution in [2.75, 3.05) is 33.8 Å². The molecule has 1 aliphatic rings. The predicted octanol–water partition coefficient (Wildman–Crippen LogP) is 3.58. The normalized spacial score (nSPS) is 14.3. The quantitative estimate of drug-likeness (QED) is 0.562. The summed E-state index contributed by atoms with van der Waals surface area (Å²) in [4.78, 5) is 14.5. The van der Waals surface area contributed by atoms with Gasteiger partial charge in [-0.3, -0.25) is 14.8 Å². The molecule has 162 valence electrons. The summed E-state index contributed by atoms with van der Waals surface area (Å²) in [5.74, 6) is -1.38. The first-order valence-electron chi connectivity index (χ1n) is 10.0. The Morgan fingerprint density at radius 1 is 0.968 bits per heavy atom. The molecule has 2 N–H and O–H groups in total. The average molecular weight is 458 g/mol. The average Bonchev–Trinajstić information content (AvgIpc) is 3.23. The minimum atomic E-state index is -3.86. The first-order chi connectivity index (χ1) is 15.0. The highest BCUT2D eigenvalue weighted by Crippen LogP contribution is 2.26. The Labute approximate surface area is 185 Å². The van der Waals surface area contributed by atoms with Crippen LogP contribution in [0.25, 0.3) is 10.6 Å². The van der Waals surface area contributed by atoms with E-state index >= 15 is 0 Å². The molecule has 2 heterocycles. The van der Waals surface area contributed by atoms with Crippen LogP contribution in [-0.4, -0.2) is 43.4 Å². The van der Waals surface area contributed by atoms with Crippen LogP contribution in [0.2, 0.25) is 0 Å². The molecular formula is C21H23N5O3S2. The van der Waals surface area contributed by atoms with Crippen molar-refractivity contribution in [1.29, 1.82) is 0 Å². The minimum Gasteiger partial charge on any atom is -0.372 e. The molecule has 1 aromatic heterocycles. The van der Waals surface area contributed by atoms with Crippen LogP contribution in [0.3, 0.4) is 0 Å². The third-order valence-electron chi connectivity index (χ3n) is 4.88. The Morgan fingerprint density at radius 2 is 1.68 bits per heavy atom. The number of benzene rings is 2. The van der Waals surface area contributed by atoms with Crippen molar-refractivity contribution in [1.82, 2.24) is 10.2 Å². The van der Waals surface area contributed by atoms with Gasteiger partial charge in [0, 0.05) is 30.0 Å². The molecule has 8 nitrogen and oxygen atoms in total. The lowest BCUT2D eigenvalue weighted by molar-refractivity contribution is -0.113. The van der Waals surface area contributed by atoms with Crippen molar-refractivity contribution < 1.29 is 13.2 Å². The highest BCUT2D eigenvalue weighted by molar-refractivity contribution is 7.93. The molecule has 1 saturated heterocycles. The van der Waals surface area contributed by atoms with E-state index in [9.17, 15) is 13.2 Å². The molecule has 10 heteroatoms. The summed E-state index contributed by atoms with van der Waals surface area (Å²) < 4.78 is 27.3. The molecular weight excluding hydrogens is 434 g/mol. The summed E-state index contributed by atoms with van der Waals surface area (Å²) in [6, 6.07) is 16.7. The van der Waals surface area contributed by atoms with E-state index in [-0.39, 0.29) is 5.13 Å². The Kier molecular flexibility index (Phi) is 6.47. The van der Waals surface area contributed by atoms with Gasteiger partial charge in [0.05, 0.1) is 0 Å². The van der Waals surface area contributed by atoms with Gasteiger partial charge in [0.15, 0.2) is 0 Å². The number of piperidine rings is 1. The number of carbonyl (C=O) groups is 1. The Balaban J connectivity index is 1.33. The molecule has 1 fully saturated rings. The number of anilines is 3. The zero-order valence-corrected chi connectivity index (χ0v) is 18.5. The number of aromatic nitrogens is 2. The number of nitrogens with zero attached hydrogens (tertiary/aromatic N) is 3. The molecule has 0 saturated carbocycles. The van der Waals surface area contributed by atoms with Gasteiger partial charge >= 0.3 is 0 Å². The van der Waals surface area contributed by atoms with Gasteiger partial charge in [-0.1, -0.05) is 41.7 Å². The van der Waals surface area contributed by atoms with Crippen LogP contribution in [0.1, 0.15) is 19.3 Å². The van der Waals surface area contributed by atoms with Gasteiger partial charge in [-0.05, 0) is 43.5 Å². The van der Waals surface area contributed by atoms with E-state index in [0.29, 0.717) is 10.7 Å². The molecule has 31 heavy (non-hydrogen) atoms. The molecule has 1 amide bonds. The fourth-order valence-electron chi connectivity index (χ4n) is 3.41. The lowest BCUT2D eigenvalue weighted by atomic mass is 10.1. The van der Waals surface area contributed by atoms with Crippen LogP contribution in [0.5, 0.6) is 0 Å². The Morgan fingerprint density at radius 3 is 2.39 bits per heavy atom. The van der Waals surface area contributed by atoms with Gasteiger partial charge < -0.3 is 4.90 Å². The first kappa shape index (κ1) is 21.3. The smallest absolute Gasteiger partial charge is 0.243 e. The molecule has 0 unspecified atom stereocenters. The number of hydrogen-bond acceptors (Lipinski definition) is 7. The second-order valence-electron chi connectivity index (χ2n) is 7.28. The summed E-state index contributed by atoms with van der Waals surface area (Å²) in [5.41, 5.74) is 2.38. The topological polar surface area (TPSA) is 104 Å². The molecule has 0 spiro atoms. The summed E-state index contributed by atoms with van der Waals surface area (Å²) in [5, 5.41) is 11.4. The van der Waals surface area contributed by atoms with Gasteiger partial charge in [0.1, 0.15) is 10.8 Å². The monoisotopic (exact) mass is 457 g/mol. The zero-order valence-electron chi connectivity index (χ0n) is 16.8. The van der Waals surface area contributed by atoms with E-state index in [1.54, 1.807) is 12.1 Å². The van der Waals surface area contributed by atoms with Crippen molar-refractivity contribution >= 4 is 43.8 Å². The molecule has 0 bridgehead atoms. The number of carbonyl (C=O) groups excluding carboxylic acids is 1. The van der Waals surface area contributed by atoms with Crippen molar-refractivity contribution in [2.24, 2.45) is 0 Å². The summed E-state index contributed by atoms with van der Waals surface area (Å²) in [7, 11) is -3.86. The summed E-state index contributed by atoms with van der Waals surface area (Å²) >= 11 is 1.19. The molecule has 3 aromatic rings. The maximum atomic E-state index is 12.4. The summed E-state index contributed by atoms with van der Waals surface area (Å²) in [6.07, 6.45) is 3.59. The van der Waals surface area contributed by atoms with E-state index in [1.165, 1.54) is 30.6 Å².